The molecule has 2 atom stereocenters. The van der Waals surface area contributed by atoms with Gasteiger partial charge in [0.1, 0.15) is 0 Å². The molecule has 1 rings (SSSR count). The average Bonchev–Trinajstić information content (AvgIpc) is 2.82. The first-order valence-electron chi connectivity index (χ1n) is 6.42. The Morgan fingerprint density at radius 1 is 1.30 bits per heavy atom. The van der Waals surface area contributed by atoms with Crippen LogP contribution in [0.2, 0.25) is 0 Å². The van der Waals surface area contributed by atoms with Crippen molar-refractivity contribution in [3.63, 3.8) is 0 Å². The number of nitrogens with two attached hydrogens (primary N) is 1. The molecule has 5 N–H and O–H groups in total. The molecule has 0 aromatic carbocycles. The number of rotatable bonds is 6. The molecule has 0 spiro atoms. The highest BCUT2D eigenvalue weighted by atomic mass is 16.5. The molecule has 1 fully saturated rings. The van der Waals surface area contributed by atoms with Crippen molar-refractivity contribution in [2.24, 2.45) is 11.1 Å². The highest BCUT2D eigenvalue weighted by Gasteiger charge is 2.30. The fourth-order valence-electron chi connectivity index (χ4n) is 1.69. The van der Waals surface area contributed by atoms with Gasteiger partial charge in [0.2, 0.25) is 5.91 Å². The summed E-state index contributed by atoms with van der Waals surface area (Å²) in [5, 5.41) is 13.9. The maximum Gasteiger partial charge on any atom is 0.332 e. The number of hydrogen-bond donors (Lipinski definition) is 4. The van der Waals surface area contributed by atoms with Crippen molar-refractivity contribution in [1.29, 1.82) is 0 Å². The summed E-state index contributed by atoms with van der Waals surface area (Å²) < 4.78 is 5.24. The molecule has 1 aliphatic heterocycles. The number of aliphatic carboxylic acids is 1. The fourth-order valence-corrected chi connectivity index (χ4v) is 1.69. The Morgan fingerprint density at radius 2 is 1.95 bits per heavy atom. The second kappa shape index (κ2) is 6.56. The van der Waals surface area contributed by atoms with Crippen LogP contribution in [0.5, 0.6) is 0 Å². The van der Waals surface area contributed by atoms with Crippen LogP contribution in [-0.2, 0) is 14.3 Å². The molecule has 1 saturated heterocycles. The third kappa shape index (κ3) is 4.69. The molecular formula is C12H21N3O5. The minimum absolute atomic E-state index is 0.122. The second-order valence-corrected chi connectivity index (χ2v) is 5.47. The molecule has 2 unspecified atom stereocenters. The monoisotopic (exact) mass is 287 g/mol. The van der Waals surface area contributed by atoms with E-state index in [1.54, 1.807) is 13.8 Å². The van der Waals surface area contributed by atoms with Crippen molar-refractivity contribution in [1.82, 2.24) is 10.6 Å². The topological polar surface area (TPSA) is 131 Å². The summed E-state index contributed by atoms with van der Waals surface area (Å²) in [6, 6.07) is -0.443. The number of amides is 3. The lowest BCUT2D eigenvalue weighted by Gasteiger charge is -2.21. The summed E-state index contributed by atoms with van der Waals surface area (Å²) in [5.74, 6) is -1.48. The van der Waals surface area contributed by atoms with Gasteiger partial charge in [0.15, 0.2) is 6.10 Å². The number of carboxylic acid groups (broad SMARTS) is 1. The summed E-state index contributed by atoms with van der Waals surface area (Å²) in [6.07, 6.45) is -0.0631. The maximum atomic E-state index is 11.5. The molecule has 20 heavy (non-hydrogen) atoms. The van der Waals surface area contributed by atoms with Gasteiger partial charge in [-0.25, -0.2) is 9.59 Å². The van der Waals surface area contributed by atoms with E-state index >= 15 is 0 Å². The van der Waals surface area contributed by atoms with Crippen LogP contribution in [0.25, 0.3) is 0 Å². The first-order chi connectivity index (χ1) is 9.22. The third-order valence-corrected chi connectivity index (χ3v) is 3.23. The van der Waals surface area contributed by atoms with Gasteiger partial charge in [0.25, 0.3) is 0 Å². The molecule has 1 aliphatic rings. The second-order valence-electron chi connectivity index (χ2n) is 5.47. The first kappa shape index (κ1) is 16.2. The van der Waals surface area contributed by atoms with E-state index in [-0.39, 0.29) is 19.2 Å². The maximum absolute atomic E-state index is 11.5. The lowest BCUT2D eigenvalue weighted by molar-refractivity contribution is -0.149. The van der Waals surface area contributed by atoms with E-state index in [2.05, 4.69) is 10.6 Å². The lowest BCUT2D eigenvalue weighted by atomic mass is 9.93. The minimum atomic E-state index is -0.986. The van der Waals surface area contributed by atoms with Crippen LogP contribution < -0.4 is 16.4 Å². The molecule has 8 heteroatoms. The molecule has 0 aliphatic carbocycles. The van der Waals surface area contributed by atoms with E-state index in [1.165, 1.54) is 0 Å². The van der Waals surface area contributed by atoms with E-state index in [1.807, 2.05) is 0 Å². The Kier molecular flexibility index (Phi) is 5.32. The van der Waals surface area contributed by atoms with Gasteiger partial charge in [-0.1, -0.05) is 0 Å². The van der Waals surface area contributed by atoms with Crippen LogP contribution in [0.4, 0.5) is 4.79 Å². The molecule has 1 heterocycles. The molecule has 0 aromatic rings. The van der Waals surface area contributed by atoms with Crippen molar-refractivity contribution in [3.05, 3.63) is 0 Å². The number of carbonyl (C=O) groups excluding carboxylic acids is 2. The molecule has 3 amide bonds. The summed E-state index contributed by atoms with van der Waals surface area (Å²) >= 11 is 0. The Labute approximate surface area is 117 Å². The van der Waals surface area contributed by atoms with Crippen LogP contribution in [0, 0.1) is 5.41 Å². The summed E-state index contributed by atoms with van der Waals surface area (Å²) in [6.45, 7) is 3.62. The summed E-state index contributed by atoms with van der Waals surface area (Å²) in [4.78, 5) is 33.3. The van der Waals surface area contributed by atoms with E-state index in [0.717, 1.165) is 0 Å². The van der Waals surface area contributed by atoms with Gasteiger partial charge < -0.3 is 26.2 Å². The van der Waals surface area contributed by atoms with Crippen molar-refractivity contribution in [2.45, 2.75) is 38.9 Å². The molecule has 114 valence electrons. The van der Waals surface area contributed by atoms with Gasteiger partial charge in [-0.05, 0) is 26.7 Å². The fraction of sp³-hybridized carbons (Fsp3) is 0.750. The highest BCUT2D eigenvalue weighted by Crippen LogP contribution is 2.19. The first-order valence-corrected chi connectivity index (χ1v) is 6.42. The standard InChI is InChI=1S/C12H21N3O5/c1-12(2,10(13)18)6-15-11(19)14-5-7-3-4-8(20-7)9(16)17/h7-8H,3-6H2,1-2H3,(H2,13,18)(H,16,17)(H2,14,15,19). The normalized spacial score (nSPS) is 22.3. The van der Waals surface area contributed by atoms with Crippen molar-refractivity contribution >= 4 is 17.9 Å². The van der Waals surface area contributed by atoms with Gasteiger partial charge in [-0.15, -0.1) is 0 Å². The van der Waals surface area contributed by atoms with Crippen molar-refractivity contribution in [2.75, 3.05) is 13.1 Å². The SMILES string of the molecule is CC(C)(CNC(=O)NCC1CCC(C(=O)O)O1)C(N)=O. The minimum Gasteiger partial charge on any atom is -0.479 e. The van der Waals surface area contributed by atoms with Crippen molar-refractivity contribution in [3.8, 4) is 0 Å². The number of carboxylic acids is 1. The van der Waals surface area contributed by atoms with Gasteiger partial charge in [0, 0.05) is 13.1 Å². The predicted molar refractivity (Wildman–Crippen MR) is 69.9 cm³/mol. The summed E-state index contributed by atoms with van der Waals surface area (Å²) in [5.41, 5.74) is 4.36. The van der Waals surface area contributed by atoms with Crippen LogP contribution in [0.3, 0.4) is 0 Å². The van der Waals surface area contributed by atoms with E-state index in [9.17, 15) is 14.4 Å². The third-order valence-electron chi connectivity index (χ3n) is 3.23. The smallest absolute Gasteiger partial charge is 0.332 e. The predicted octanol–water partition coefficient (Wildman–Crippen LogP) is -0.571. The molecule has 0 bridgehead atoms. The molecule has 0 radical (unpaired) electrons. The van der Waals surface area contributed by atoms with Crippen molar-refractivity contribution < 1.29 is 24.2 Å². The Balaban J connectivity index is 2.24. The zero-order valence-electron chi connectivity index (χ0n) is 11.6. The molecule has 0 saturated carbocycles. The largest absolute Gasteiger partial charge is 0.479 e. The Hall–Kier alpha value is -1.83. The lowest BCUT2D eigenvalue weighted by Crippen LogP contribution is -2.47. The number of urea groups is 1. The van der Waals surface area contributed by atoms with Crippen LogP contribution in [0.15, 0.2) is 0 Å². The number of primary amides is 1. The Bertz CT molecular complexity index is 397. The molecule has 0 aromatic heterocycles. The van der Waals surface area contributed by atoms with Crippen LogP contribution >= 0.6 is 0 Å². The highest BCUT2D eigenvalue weighted by molar-refractivity contribution is 5.81. The van der Waals surface area contributed by atoms with E-state index in [0.29, 0.717) is 12.8 Å². The molecule has 8 nitrogen and oxygen atoms in total. The zero-order chi connectivity index (χ0) is 15.3. The molecular weight excluding hydrogens is 266 g/mol. The van der Waals surface area contributed by atoms with E-state index in [4.69, 9.17) is 15.6 Å². The van der Waals surface area contributed by atoms with Gasteiger partial charge in [-0.2, -0.15) is 0 Å². The Morgan fingerprint density at radius 3 is 2.45 bits per heavy atom. The van der Waals surface area contributed by atoms with E-state index < -0.39 is 29.4 Å². The van der Waals surface area contributed by atoms with Crippen LogP contribution in [-0.4, -0.2) is 48.3 Å². The van der Waals surface area contributed by atoms with Gasteiger partial charge >= 0.3 is 12.0 Å². The average molecular weight is 287 g/mol. The summed E-state index contributed by atoms with van der Waals surface area (Å²) in [7, 11) is 0. The quantitative estimate of drug-likeness (QED) is 0.519. The number of hydrogen-bond acceptors (Lipinski definition) is 4. The zero-order valence-corrected chi connectivity index (χ0v) is 11.6. The van der Waals surface area contributed by atoms with Gasteiger partial charge in [-0.3, -0.25) is 4.79 Å². The number of carbonyl (C=O) groups is 3. The number of ether oxygens (including phenoxy) is 1. The van der Waals surface area contributed by atoms with Gasteiger partial charge in [0.05, 0.1) is 11.5 Å². The number of nitrogens with one attached hydrogen (secondary N) is 2. The van der Waals surface area contributed by atoms with Crippen LogP contribution in [0.1, 0.15) is 26.7 Å².